The Balaban J connectivity index is 2.41. The summed E-state index contributed by atoms with van der Waals surface area (Å²) in [6, 6.07) is 0.258. The molecule has 1 fully saturated rings. The van der Waals surface area contributed by atoms with Crippen LogP contribution in [0.5, 0.6) is 0 Å². The van der Waals surface area contributed by atoms with Crippen molar-refractivity contribution in [3.05, 3.63) is 0 Å². The van der Waals surface area contributed by atoms with Gasteiger partial charge in [-0.25, -0.2) is 0 Å². The van der Waals surface area contributed by atoms with Gasteiger partial charge in [0.05, 0.1) is 5.41 Å². The number of nitrogens with one attached hydrogen (secondary N) is 2. The number of nitrogens with zero attached hydrogens (tertiary/aromatic N) is 1. The number of hydrogen-bond acceptors (Lipinski definition) is 3. The summed E-state index contributed by atoms with van der Waals surface area (Å²) >= 11 is 0. The Kier molecular flexibility index (Phi) is 5.40. The molecule has 0 bridgehead atoms. The maximum Gasteiger partial charge on any atom is 0.227 e. The molecule has 1 heterocycles. The number of rotatable bonds is 6. The first-order valence-electron chi connectivity index (χ1n) is 6.66. The Labute approximate surface area is 105 Å². The largest absolute Gasteiger partial charge is 0.353 e. The second-order valence-electron chi connectivity index (χ2n) is 5.53. The van der Waals surface area contributed by atoms with Crippen molar-refractivity contribution in [2.24, 2.45) is 5.41 Å². The third kappa shape index (κ3) is 3.96. The summed E-state index contributed by atoms with van der Waals surface area (Å²) in [5.41, 5.74) is -0.160. The molecule has 2 N–H and O–H groups in total. The lowest BCUT2D eigenvalue weighted by Crippen LogP contribution is -2.46. The molecule has 0 spiro atoms. The highest BCUT2D eigenvalue weighted by Gasteiger charge is 2.39. The minimum absolute atomic E-state index is 0.160. The van der Waals surface area contributed by atoms with Crippen LogP contribution in [0.2, 0.25) is 0 Å². The second kappa shape index (κ2) is 6.36. The molecule has 0 aromatic heterocycles. The average Bonchev–Trinajstić information content (AvgIpc) is 2.76. The van der Waals surface area contributed by atoms with Crippen LogP contribution >= 0.6 is 0 Å². The van der Waals surface area contributed by atoms with E-state index < -0.39 is 0 Å². The van der Waals surface area contributed by atoms with E-state index in [1.165, 1.54) is 0 Å². The number of carbonyl (C=O) groups is 1. The van der Waals surface area contributed by atoms with E-state index in [-0.39, 0.29) is 17.4 Å². The van der Waals surface area contributed by atoms with E-state index in [9.17, 15) is 4.79 Å². The minimum atomic E-state index is -0.160. The molecule has 0 aromatic rings. The van der Waals surface area contributed by atoms with E-state index in [1.807, 2.05) is 0 Å². The van der Waals surface area contributed by atoms with Crippen LogP contribution < -0.4 is 10.6 Å². The van der Waals surface area contributed by atoms with Crippen LogP contribution in [0.3, 0.4) is 0 Å². The topological polar surface area (TPSA) is 44.4 Å². The summed E-state index contributed by atoms with van der Waals surface area (Å²) in [4.78, 5) is 14.4. The standard InChI is InChI=1S/C13H27N3O/c1-5-13(7-8-14-10-13)12(17)15-11(2)6-9-16(3)4/h11,14H,5-10H2,1-4H3,(H,15,17). The Hall–Kier alpha value is -0.610. The summed E-state index contributed by atoms with van der Waals surface area (Å²) < 4.78 is 0. The van der Waals surface area contributed by atoms with Gasteiger partial charge in [-0.3, -0.25) is 4.79 Å². The third-order valence-electron chi connectivity index (χ3n) is 3.79. The predicted molar refractivity (Wildman–Crippen MR) is 71.0 cm³/mol. The molecule has 0 aromatic carbocycles. The second-order valence-corrected chi connectivity index (χ2v) is 5.53. The fourth-order valence-electron chi connectivity index (χ4n) is 2.30. The highest BCUT2D eigenvalue weighted by molar-refractivity contribution is 5.83. The molecule has 4 nitrogen and oxygen atoms in total. The van der Waals surface area contributed by atoms with E-state index in [0.717, 1.165) is 38.9 Å². The lowest BCUT2D eigenvalue weighted by atomic mass is 9.83. The predicted octanol–water partition coefficient (Wildman–Crippen LogP) is 0.833. The van der Waals surface area contributed by atoms with Gasteiger partial charge in [-0.15, -0.1) is 0 Å². The molecule has 0 saturated carbocycles. The van der Waals surface area contributed by atoms with Gasteiger partial charge in [0.25, 0.3) is 0 Å². The molecular formula is C13H27N3O. The van der Waals surface area contributed by atoms with Gasteiger partial charge in [-0.1, -0.05) is 6.92 Å². The zero-order chi connectivity index (χ0) is 12.9. The first-order valence-corrected chi connectivity index (χ1v) is 6.66. The van der Waals surface area contributed by atoms with E-state index in [0.29, 0.717) is 0 Å². The molecule has 2 unspecified atom stereocenters. The summed E-state index contributed by atoms with van der Waals surface area (Å²) in [6.45, 7) is 7.01. The van der Waals surface area contributed by atoms with Crippen molar-refractivity contribution in [2.45, 2.75) is 39.2 Å². The van der Waals surface area contributed by atoms with E-state index >= 15 is 0 Å². The molecule has 1 aliphatic heterocycles. The van der Waals surface area contributed by atoms with Crippen molar-refractivity contribution in [3.63, 3.8) is 0 Å². The van der Waals surface area contributed by atoms with E-state index in [2.05, 4.69) is 43.5 Å². The third-order valence-corrected chi connectivity index (χ3v) is 3.79. The van der Waals surface area contributed by atoms with Gasteiger partial charge in [-0.2, -0.15) is 0 Å². The van der Waals surface area contributed by atoms with Gasteiger partial charge in [0.2, 0.25) is 5.91 Å². The molecule has 0 radical (unpaired) electrons. The summed E-state index contributed by atoms with van der Waals surface area (Å²) in [5.74, 6) is 0.233. The summed E-state index contributed by atoms with van der Waals surface area (Å²) in [6.07, 6.45) is 2.90. The lowest BCUT2D eigenvalue weighted by molar-refractivity contribution is -0.131. The lowest BCUT2D eigenvalue weighted by Gasteiger charge is -2.27. The van der Waals surface area contributed by atoms with Crippen LogP contribution in [-0.2, 0) is 4.79 Å². The fourth-order valence-corrected chi connectivity index (χ4v) is 2.30. The van der Waals surface area contributed by atoms with Crippen LogP contribution in [0, 0.1) is 5.41 Å². The van der Waals surface area contributed by atoms with Gasteiger partial charge in [0.1, 0.15) is 0 Å². The summed E-state index contributed by atoms with van der Waals surface area (Å²) in [7, 11) is 4.12. The highest BCUT2D eigenvalue weighted by atomic mass is 16.2. The maximum absolute atomic E-state index is 12.3. The Morgan fingerprint density at radius 3 is 2.71 bits per heavy atom. The van der Waals surface area contributed by atoms with Gasteiger partial charge in [0, 0.05) is 12.6 Å². The van der Waals surface area contributed by atoms with Gasteiger partial charge in [-0.05, 0) is 53.4 Å². The van der Waals surface area contributed by atoms with Crippen LogP contribution in [0.25, 0.3) is 0 Å². The van der Waals surface area contributed by atoms with Crippen molar-refractivity contribution in [1.29, 1.82) is 0 Å². The zero-order valence-electron chi connectivity index (χ0n) is 11.7. The molecule has 1 aliphatic rings. The van der Waals surface area contributed by atoms with Crippen LogP contribution in [0.15, 0.2) is 0 Å². The number of hydrogen-bond donors (Lipinski definition) is 2. The molecular weight excluding hydrogens is 214 g/mol. The Morgan fingerprint density at radius 1 is 1.53 bits per heavy atom. The SMILES string of the molecule is CCC1(C(=O)NC(C)CCN(C)C)CCNC1. The van der Waals surface area contributed by atoms with Gasteiger partial charge < -0.3 is 15.5 Å². The molecule has 1 amide bonds. The summed E-state index contributed by atoms with van der Waals surface area (Å²) in [5, 5.41) is 6.46. The first kappa shape index (κ1) is 14.5. The molecule has 0 aliphatic carbocycles. The van der Waals surface area contributed by atoms with E-state index in [1.54, 1.807) is 0 Å². The quantitative estimate of drug-likeness (QED) is 0.724. The zero-order valence-corrected chi connectivity index (χ0v) is 11.7. The molecule has 1 rings (SSSR count). The average molecular weight is 241 g/mol. The smallest absolute Gasteiger partial charge is 0.227 e. The molecule has 100 valence electrons. The minimum Gasteiger partial charge on any atom is -0.353 e. The fraction of sp³-hybridized carbons (Fsp3) is 0.923. The molecule has 17 heavy (non-hydrogen) atoms. The highest BCUT2D eigenvalue weighted by Crippen LogP contribution is 2.29. The van der Waals surface area contributed by atoms with E-state index in [4.69, 9.17) is 0 Å². The van der Waals surface area contributed by atoms with Crippen LogP contribution in [0.1, 0.15) is 33.1 Å². The number of amides is 1. The number of carbonyl (C=O) groups excluding carboxylic acids is 1. The van der Waals surface area contributed by atoms with Crippen molar-refractivity contribution in [3.8, 4) is 0 Å². The van der Waals surface area contributed by atoms with Crippen LogP contribution in [0.4, 0.5) is 0 Å². The molecule has 1 saturated heterocycles. The van der Waals surface area contributed by atoms with Crippen molar-refractivity contribution < 1.29 is 4.79 Å². The monoisotopic (exact) mass is 241 g/mol. The van der Waals surface area contributed by atoms with Gasteiger partial charge >= 0.3 is 0 Å². The Bertz CT molecular complexity index is 247. The van der Waals surface area contributed by atoms with Crippen molar-refractivity contribution >= 4 is 5.91 Å². The molecule has 2 atom stereocenters. The Morgan fingerprint density at radius 2 is 2.24 bits per heavy atom. The van der Waals surface area contributed by atoms with Crippen molar-refractivity contribution in [2.75, 3.05) is 33.7 Å². The normalized spacial score (nSPS) is 26.2. The first-order chi connectivity index (χ1) is 8.00. The molecule has 4 heteroatoms. The van der Waals surface area contributed by atoms with Crippen molar-refractivity contribution in [1.82, 2.24) is 15.5 Å². The van der Waals surface area contributed by atoms with Crippen LogP contribution in [-0.4, -0.2) is 50.6 Å². The maximum atomic E-state index is 12.3. The van der Waals surface area contributed by atoms with Gasteiger partial charge in [0.15, 0.2) is 0 Å².